The van der Waals surface area contributed by atoms with Crippen LogP contribution in [-0.4, -0.2) is 20.9 Å². The van der Waals surface area contributed by atoms with Crippen LogP contribution in [0.5, 0.6) is 0 Å². The number of fused-ring (bicyclic) bond motifs is 1. The zero-order valence-corrected chi connectivity index (χ0v) is 14.6. The Morgan fingerprint density at radius 3 is 2.72 bits per heavy atom. The van der Waals surface area contributed by atoms with Crippen LogP contribution in [0.4, 0.5) is 0 Å². The van der Waals surface area contributed by atoms with E-state index in [0.717, 1.165) is 23.3 Å². The molecule has 1 amide bonds. The zero-order chi connectivity index (χ0) is 18.0. The van der Waals surface area contributed by atoms with E-state index in [-0.39, 0.29) is 17.5 Å². The minimum atomic E-state index is -0.230. The van der Waals surface area contributed by atoms with Crippen LogP contribution < -0.4 is 10.9 Å². The molecule has 0 radical (unpaired) electrons. The van der Waals surface area contributed by atoms with Crippen molar-refractivity contribution in [1.29, 1.82) is 0 Å². The highest BCUT2D eigenvalue weighted by atomic mass is 16.2. The third-order valence-corrected chi connectivity index (χ3v) is 4.13. The van der Waals surface area contributed by atoms with Crippen molar-refractivity contribution >= 4 is 16.9 Å². The first-order valence-corrected chi connectivity index (χ1v) is 8.39. The molecule has 3 N–H and O–H groups in total. The maximum absolute atomic E-state index is 12.7. The Balaban J connectivity index is 1.90. The molecule has 0 bridgehead atoms. The van der Waals surface area contributed by atoms with Crippen LogP contribution in [0.2, 0.25) is 0 Å². The number of hydrogen-bond acceptors (Lipinski definition) is 3. The Labute approximate surface area is 145 Å². The number of benzene rings is 1. The number of H-pyrrole nitrogens is 2. The molecule has 25 heavy (non-hydrogen) atoms. The molecule has 130 valence electrons. The Kier molecular flexibility index (Phi) is 4.70. The van der Waals surface area contributed by atoms with Crippen molar-refractivity contribution in [2.24, 2.45) is 5.92 Å². The number of amides is 1. The first-order chi connectivity index (χ1) is 11.9. The van der Waals surface area contributed by atoms with Crippen molar-refractivity contribution in [3.05, 3.63) is 63.8 Å². The molecule has 1 atom stereocenters. The van der Waals surface area contributed by atoms with Crippen LogP contribution in [0.25, 0.3) is 11.0 Å². The quantitative estimate of drug-likeness (QED) is 0.668. The number of para-hydroxylation sites is 2. The molecule has 0 saturated carbocycles. The standard InChI is InChI=1S/C19H22N4O2/c1-11(2)8-16(18-21-14-6-4-5-7-15(14)22-18)23-19(25)13-10-20-17(24)9-12(13)3/h4-7,9-11,16H,8H2,1-3H3,(H,20,24)(H,21,22)(H,23,25). The van der Waals surface area contributed by atoms with E-state index in [2.05, 4.69) is 34.1 Å². The van der Waals surface area contributed by atoms with Crippen LogP contribution >= 0.6 is 0 Å². The first kappa shape index (κ1) is 17.0. The van der Waals surface area contributed by atoms with Crippen LogP contribution in [0, 0.1) is 12.8 Å². The maximum atomic E-state index is 12.7. The minimum absolute atomic E-state index is 0.218. The van der Waals surface area contributed by atoms with Crippen molar-refractivity contribution in [1.82, 2.24) is 20.3 Å². The molecule has 0 saturated heterocycles. The first-order valence-electron chi connectivity index (χ1n) is 8.39. The van der Waals surface area contributed by atoms with E-state index in [9.17, 15) is 9.59 Å². The second-order valence-corrected chi connectivity index (χ2v) is 6.69. The summed E-state index contributed by atoms with van der Waals surface area (Å²) in [6, 6.07) is 8.98. The van der Waals surface area contributed by atoms with Crippen LogP contribution in [-0.2, 0) is 0 Å². The fourth-order valence-electron chi connectivity index (χ4n) is 2.90. The van der Waals surface area contributed by atoms with Crippen molar-refractivity contribution in [3.8, 4) is 0 Å². The maximum Gasteiger partial charge on any atom is 0.253 e. The van der Waals surface area contributed by atoms with Crippen molar-refractivity contribution in [2.45, 2.75) is 33.2 Å². The van der Waals surface area contributed by atoms with E-state index in [4.69, 9.17) is 0 Å². The normalized spacial score (nSPS) is 12.5. The number of nitrogens with one attached hydrogen (secondary N) is 3. The van der Waals surface area contributed by atoms with E-state index >= 15 is 0 Å². The summed E-state index contributed by atoms with van der Waals surface area (Å²) < 4.78 is 0. The molecule has 3 rings (SSSR count). The Morgan fingerprint density at radius 2 is 2.04 bits per heavy atom. The van der Waals surface area contributed by atoms with Gasteiger partial charge in [0.05, 0.1) is 22.6 Å². The number of aromatic nitrogens is 3. The SMILES string of the molecule is Cc1cc(=O)[nH]cc1C(=O)NC(CC(C)C)c1nc2ccccc2[nH]1. The van der Waals surface area contributed by atoms with Gasteiger partial charge in [0.2, 0.25) is 5.56 Å². The number of hydrogen-bond donors (Lipinski definition) is 3. The molecule has 6 heteroatoms. The third-order valence-electron chi connectivity index (χ3n) is 4.13. The molecule has 6 nitrogen and oxygen atoms in total. The summed E-state index contributed by atoms with van der Waals surface area (Å²) in [4.78, 5) is 34.5. The van der Waals surface area contributed by atoms with Gasteiger partial charge in [-0.25, -0.2) is 4.98 Å². The summed E-state index contributed by atoms with van der Waals surface area (Å²) in [5.41, 5.74) is 2.71. The van der Waals surface area contributed by atoms with Gasteiger partial charge >= 0.3 is 0 Å². The molecule has 0 aliphatic carbocycles. The summed E-state index contributed by atoms with van der Waals surface area (Å²) in [5, 5.41) is 3.05. The molecule has 1 aromatic carbocycles. The van der Waals surface area contributed by atoms with Crippen molar-refractivity contribution in [2.75, 3.05) is 0 Å². The highest BCUT2D eigenvalue weighted by Crippen LogP contribution is 2.22. The Morgan fingerprint density at radius 1 is 1.28 bits per heavy atom. The number of imidazole rings is 1. The smallest absolute Gasteiger partial charge is 0.253 e. The molecule has 3 aromatic rings. The number of rotatable bonds is 5. The molecular weight excluding hydrogens is 316 g/mol. The fourth-order valence-corrected chi connectivity index (χ4v) is 2.90. The number of aryl methyl sites for hydroxylation is 1. The van der Waals surface area contributed by atoms with Gasteiger partial charge < -0.3 is 15.3 Å². The molecule has 0 aliphatic rings. The lowest BCUT2D eigenvalue weighted by atomic mass is 10.0. The van der Waals surface area contributed by atoms with E-state index in [1.807, 2.05) is 24.3 Å². The van der Waals surface area contributed by atoms with E-state index in [0.29, 0.717) is 17.0 Å². The Hall–Kier alpha value is -2.89. The van der Waals surface area contributed by atoms with Gasteiger partial charge in [-0.15, -0.1) is 0 Å². The average molecular weight is 338 g/mol. The summed E-state index contributed by atoms with van der Waals surface area (Å²) >= 11 is 0. The Bertz CT molecular complexity index is 922. The molecular formula is C19H22N4O2. The number of carbonyl (C=O) groups is 1. The highest BCUT2D eigenvalue weighted by Gasteiger charge is 2.21. The van der Waals surface area contributed by atoms with Gasteiger partial charge in [0.15, 0.2) is 0 Å². The van der Waals surface area contributed by atoms with Gasteiger partial charge in [0.1, 0.15) is 5.82 Å². The monoisotopic (exact) mass is 338 g/mol. The molecule has 1 unspecified atom stereocenters. The summed E-state index contributed by atoms with van der Waals surface area (Å²) in [5.74, 6) is 0.903. The number of nitrogens with zero attached hydrogens (tertiary/aromatic N) is 1. The lowest BCUT2D eigenvalue weighted by molar-refractivity contribution is 0.0929. The topological polar surface area (TPSA) is 90.6 Å². The van der Waals surface area contributed by atoms with Gasteiger partial charge in [-0.3, -0.25) is 9.59 Å². The van der Waals surface area contributed by atoms with E-state index < -0.39 is 0 Å². The lowest BCUT2D eigenvalue weighted by Crippen LogP contribution is -2.31. The van der Waals surface area contributed by atoms with Crippen LogP contribution in [0.3, 0.4) is 0 Å². The number of pyridine rings is 1. The van der Waals surface area contributed by atoms with Crippen LogP contribution in [0.1, 0.15) is 48.1 Å². The highest BCUT2D eigenvalue weighted by molar-refractivity contribution is 5.95. The summed E-state index contributed by atoms with van der Waals surface area (Å²) in [6.45, 7) is 5.96. The van der Waals surface area contributed by atoms with Gasteiger partial charge in [0.25, 0.3) is 5.91 Å². The van der Waals surface area contributed by atoms with Gasteiger partial charge in [-0.1, -0.05) is 26.0 Å². The molecule has 0 aliphatic heterocycles. The molecule has 0 fully saturated rings. The molecule has 2 aromatic heterocycles. The third kappa shape index (κ3) is 3.79. The van der Waals surface area contributed by atoms with Gasteiger partial charge in [-0.05, 0) is 37.0 Å². The largest absolute Gasteiger partial charge is 0.342 e. The second kappa shape index (κ2) is 6.93. The van der Waals surface area contributed by atoms with Crippen molar-refractivity contribution in [3.63, 3.8) is 0 Å². The van der Waals surface area contributed by atoms with Gasteiger partial charge in [-0.2, -0.15) is 0 Å². The van der Waals surface area contributed by atoms with Crippen LogP contribution in [0.15, 0.2) is 41.3 Å². The predicted octanol–water partition coefficient (Wildman–Crippen LogP) is 3.08. The summed E-state index contributed by atoms with van der Waals surface area (Å²) in [6.07, 6.45) is 2.21. The van der Waals surface area contributed by atoms with E-state index in [1.165, 1.54) is 12.3 Å². The number of aromatic amines is 2. The lowest BCUT2D eigenvalue weighted by Gasteiger charge is -2.19. The number of carbonyl (C=O) groups excluding carboxylic acids is 1. The van der Waals surface area contributed by atoms with E-state index in [1.54, 1.807) is 6.92 Å². The van der Waals surface area contributed by atoms with Gasteiger partial charge in [0, 0.05) is 12.3 Å². The predicted molar refractivity (Wildman–Crippen MR) is 97.6 cm³/mol. The second-order valence-electron chi connectivity index (χ2n) is 6.69. The summed E-state index contributed by atoms with van der Waals surface area (Å²) in [7, 11) is 0. The fraction of sp³-hybridized carbons (Fsp3) is 0.316. The molecule has 0 spiro atoms. The minimum Gasteiger partial charge on any atom is -0.342 e. The molecule has 2 heterocycles. The van der Waals surface area contributed by atoms with Crippen molar-refractivity contribution < 1.29 is 4.79 Å². The average Bonchev–Trinajstić information content (AvgIpc) is 2.97. The zero-order valence-electron chi connectivity index (χ0n) is 14.6.